The lowest BCUT2D eigenvalue weighted by molar-refractivity contribution is 0.179. The first-order chi connectivity index (χ1) is 7.75. The number of rotatable bonds is 2. The lowest BCUT2D eigenvalue weighted by Crippen LogP contribution is -2.56. The average molecular weight is 325 g/mol. The molecular formula is C10H17BrN2O3S. The summed E-state index contributed by atoms with van der Waals surface area (Å²) in [7, 11) is -3.06. The zero-order valence-corrected chi connectivity index (χ0v) is 12.3. The van der Waals surface area contributed by atoms with Gasteiger partial charge in [0.1, 0.15) is 0 Å². The summed E-state index contributed by atoms with van der Waals surface area (Å²) in [5.41, 5.74) is 0. The van der Waals surface area contributed by atoms with Crippen LogP contribution < -0.4 is 5.32 Å². The Bertz CT molecular complexity index is 421. The molecule has 0 spiro atoms. The minimum atomic E-state index is -3.06. The maximum atomic E-state index is 11.8. The third-order valence-electron chi connectivity index (χ3n) is 3.05. The van der Waals surface area contributed by atoms with E-state index in [0.717, 1.165) is 0 Å². The Labute approximate surface area is 110 Å². The van der Waals surface area contributed by atoms with Crippen LogP contribution in [0.2, 0.25) is 0 Å². The van der Waals surface area contributed by atoms with Crippen molar-refractivity contribution in [3.63, 3.8) is 0 Å². The Hall–Kier alpha value is -0.560. The van der Waals surface area contributed by atoms with Gasteiger partial charge >= 0.3 is 6.03 Å². The molecule has 7 heteroatoms. The molecule has 1 N–H and O–H groups in total. The van der Waals surface area contributed by atoms with Crippen molar-refractivity contribution in [2.45, 2.75) is 25.1 Å². The number of sulfone groups is 1. The maximum Gasteiger partial charge on any atom is 0.317 e. The number of urea groups is 1. The monoisotopic (exact) mass is 324 g/mol. The van der Waals surface area contributed by atoms with Gasteiger partial charge in [-0.2, -0.15) is 0 Å². The fourth-order valence-electron chi connectivity index (χ4n) is 1.73. The van der Waals surface area contributed by atoms with Crippen molar-refractivity contribution in [1.82, 2.24) is 10.2 Å². The molecule has 0 aromatic carbocycles. The van der Waals surface area contributed by atoms with Crippen LogP contribution in [0, 0.1) is 0 Å². The quantitative estimate of drug-likeness (QED) is 0.827. The summed E-state index contributed by atoms with van der Waals surface area (Å²) in [4.78, 5) is 13.4. The molecule has 0 radical (unpaired) electrons. The SMILES string of the molecule is C=C(Br)CNC(=O)N1CCS(=O)(=O)[C@H](C)[C@@H]1C. The molecule has 1 aliphatic rings. The average Bonchev–Trinajstić information content (AvgIpc) is 2.23. The molecule has 1 saturated heterocycles. The number of nitrogens with zero attached hydrogens (tertiary/aromatic N) is 1. The molecule has 0 bridgehead atoms. The van der Waals surface area contributed by atoms with Crippen LogP contribution in [0.3, 0.4) is 0 Å². The van der Waals surface area contributed by atoms with Crippen LogP contribution in [-0.4, -0.2) is 49.5 Å². The molecule has 0 aromatic rings. The highest BCUT2D eigenvalue weighted by Gasteiger charge is 2.37. The van der Waals surface area contributed by atoms with E-state index in [0.29, 0.717) is 11.0 Å². The first-order valence-electron chi connectivity index (χ1n) is 5.35. The molecule has 2 atom stereocenters. The van der Waals surface area contributed by atoms with Crippen molar-refractivity contribution < 1.29 is 13.2 Å². The van der Waals surface area contributed by atoms with Crippen molar-refractivity contribution >= 4 is 31.8 Å². The number of carbonyl (C=O) groups excluding carboxylic acids is 1. The van der Waals surface area contributed by atoms with Gasteiger partial charge in [-0.15, -0.1) is 0 Å². The van der Waals surface area contributed by atoms with Gasteiger partial charge in [0.15, 0.2) is 9.84 Å². The van der Waals surface area contributed by atoms with Crippen LogP contribution in [0.15, 0.2) is 11.1 Å². The number of hydrogen-bond donors (Lipinski definition) is 1. The van der Waals surface area contributed by atoms with E-state index in [1.807, 2.05) is 0 Å². The fourth-order valence-corrected chi connectivity index (χ4v) is 3.44. The molecule has 1 aliphatic heterocycles. The molecule has 98 valence electrons. The van der Waals surface area contributed by atoms with Crippen molar-refractivity contribution in [3.05, 3.63) is 11.1 Å². The van der Waals surface area contributed by atoms with E-state index in [9.17, 15) is 13.2 Å². The highest BCUT2D eigenvalue weighted by Crippen LogP contribution is 2.19. The third kappa shape index (κ3) is 3.45. The van der Waals surface area contributed by atoms with Crippen LogP contribution in [0.5, 0.6) is 0 Å². The summed E-state index contributed by atoms with van der Waals surface area (Å²) in [5, 5.41) is 2.16. The van der Waals surface area contributed by atoms with Crippen LogP contribution >= 0.6 is 15.9 Å². The normalized spacial score (nSPS) is 27.6. The fraction of sp³-hybridized carbons (Fsp3) is 0.700. The van der Waals surface area contributed by atoms with Crippen LogP contribution in [0.4, 0.5) is 4.79 Å². The molecule has 2 amide bonds. The minimum absolute atomic E-state index is 0.0290. The van der Waals surface area contributed by atoms with Crippen molar-refractivity contribution in [2.75, 3.05) is 18.8 Å². The molecule has 0 aromatic heterocycles. The van der Waals surface area contributed by atoms with Crippen LogP contribution in [0.25, 0.3) is 0 Å². The highest BCUT2D eigenvalue weighted by atomic mass is 79.9. The van der Waals surface area contributed by atoms with Crippen molar-refractivity contribution in [3.8, 4) is 0 Å². The molecular weight excluding hydrogens is 308 g/mol. The van der Waals surface area contributed by atoms with Crippen molar-refractivity contribution in [2.24, 2.45) is 0 Å². The van der Waals surface area contributed by atoms with Gasteiger partial charge in [-0.3, -0.25) is 0 Å². The largest absolute Gasteiger partial charge is 0.333 e. The molecule has 0 saturated carbocycles. The summed E-state index contributed by atoms with van der Waals surface area (Å²) in [5.74, 6) is 0.0290. The van der Waals surface area contributed by atoms with Gasteiger partial charge in [0.2, 0.25) is 0 Å². The van der Waals surface area contributed by atoms with E-state index in [2.05, 4.69) is 27.8 Å². The van der Waals surface area contributed by atoms with E-state index in [1.54, 1.807) is 18.7 Å². The van der Waals surface area contributed by atoms with E-state index in [-0.39, 0.29) is 24.4 Å². The summed E-state index contributed by atoms with van der Waals surface area (Å²) >= 11 is 3.15. The second-order valence-corrected chi connectivity index (χ2v) is 7.78. The lowest BCUT2D eigenvalue weighted by Gasteiger charge is -2.37. The Morgan fingerprint density at radius 1 is 1.53 bits per heavy atom. The highest BCUT2D eigenvalue weighted by molar-refractivity contribution is 9.11. The van der Waals surface area contributed by atoms with E-state index in [1.165, 1.54) is 0 Å². The van der Waals surface area contributed by atoms with Gasteiger partial charge in [0.05, 0.1) is 17.5 Å². The number of nitrogens with one attached hydrogen (secondary N) is 1. The van der Waals surface area contributed by atoms with Gasteiger partial charge < -0.3 is 10.2 Å². The molecule has 1 heterocycles. The van der Waals surface area contributed by atoms with Gasteiger partial charge in [0, 0.05) is 17.1 Å². The summed E-state index contributed by atoms with van der Waals surface area (Å²) < 4.78 is 24.0. The number of hydrogen-bond acceptors (Lipinski definition) is 3. The number of carbonyl (C=O) groups is 1. The molecule has 0 aliphatic carbocycles. The second-order valence-electron chi connectivity index (χ2n) is 4.18. The van der Waals surface area contributed by atoms with Gasteiger partial charge in [-0.1, -0.05) is 22.5 Å². The van der Waals surface area contributed by atoms with E-state index >= 15 is 0 Å². The van der Waals surface area contributed by atoms with Crippen LogP contribution in [0.1, 0.15) is 13.8 Å². The first kappa shape index (κ1) is 14.5. The first-order valence-corrected chi connectivity index (χ1v) is 7.86. The molecule has 1 fully saturated rings. The predicted octanol–water partition coefficient (Wildman–Crippen LogP) is 1.11. The molecule has 1 rings (SSSR count). The van der Waals surface area contributed by atoms with Gasteiger partial charge in [-0.05, 0) is 13.8 Å². The Morgan fingerprint density at radius 2 is 2.12 bits per heavy atom. The standard InChI is InChI=1S/C10H17BrN2O3S/c1-7(11)6-12-10(14)13-4-5-17(15,16)9(3)8(13)2/h8-9H,1,4-6H2,2-3H3,(H,12,14)/t8-,9+/m0/s1. The topological polar surface area (TPSA) is 66.5 Å². The zero-order chi connectivity index (χ0) is 13.2. The Balaban J connectivity index is 2.68. The number of amides is 2. The summed E-state index contributed by atoms with van der Waals surface area (Å²) in [6, 6.07) is -0.558. The number of halogens is 1. The van der Waals surface area contributed by atoms with Gasteiger partial charge in [-0.25, -0.2) is 13.2 Å². The summed E-state index contributed by atoms with van der Waals surface area (Å²) in [6.07, 6.45) is 0. The van der Waals surface area contributed by atoms with E-state index in [4.69, 9.17) is 0 Å². The predicted molar refractivity (Wildman–Crippen MR) is 70.9 cm³/mol. The zero-order valence-electron chi connectivity index (χ0n) is 9.94. The maximum absolute atomic E-state index is 11.8. The van der Waals surface area contributed by atoms with Crippen molar-refractivity contribution in [1.29, 1.82) is 0 Å². The van der Waals surface area contributed by atoms with Crippen LogP contribution in [-0.2, 0) is 9.84 Å². The van der Waals surface area contributed by atoms with Gasteiger partial charge in [0.25, 0.3) is 0 Å². The Kier molecular flexibility index (Phi) is 4.60. The third-order valence-corrected chi connectivity index (χ3v) is 5.61. The Morgan fingerprint density at radius 3 is 2.65 bits per heavy atom. The van der Waals surface area contributed by atoms with E-state index < -0.39 is 15.1 Å². The minimum Gasteiger partial charge on any atom is -0.333 e. The smallest absolute Gasteiger partial charge is 0.317 e. The lowest BCUT2D eigenvalue weighted by atomic mass is 10.2. The molecule has 17 heavy (non-hydrogen) atoms. The molecule has 5 nitrogen and oxygen atoms in total. The second kappa shape index (κ2) is 5.39. The molecule has 0 unspecified atom stereocenters. The summed E-state index contributed by atoms with van der Waals surface area (Å²) in [6.45, 7) is 7.59.